The average Bonchev–Trinajstić information content (AvgIpc) is 2.67. The highest BCUT2D eigenvalue weighted by atomic mass is 16.6. The quantitative estimate of drug-likeness (QED) is 0.588. The third-order valence-corrected chi connectivity index (χ3v) is 6.36. The molecule has 0 fully saturated rings. The molecule has 2 bridgehead atoms. The summed E-state index contributed by atoms with van der Waals surface area (Å²) in [5.74, 6) is -0.198. The van der Waals surface area contributed by atoms with E-state index in [2.05, 4.69) is 6.58 Å². The van der Waals surface area contributed by atoms with Crippen molar-refractivity contribution in [3.05, 3.63) is 35.1 Å². The number of fused-ring (bicyclic) bond motifs is 1. The van der Waals surface area contributed by atoms with Crippen LogP contribution >= 0.6 is 0 Å². The Balaban J connectivity index is 2.17. The van der Waals surface area contributed by atoms with E-state index in [0.29, 0.717) is 49.0 Å². The number of allylic oxidation sites excluding steroid dienone is 2. The predicted molar refractivity (Wildman–Crippen MR) is 102 cm³/mol. The maximum Gasteiger partial charge on any atom is 0.303 e. The highest BCUT2D eigenvalue weighted by molar-refractivity contribution is 5.96. The van der Waals surface area contributed by atoms with E-state index in [1.165, 1.54) is 6.92 Å². The average molecular weight is 374 g/mol. The molecule has 0 unspecified atom stereocenters. The van der Waals surface area contributed by atoms with Gasteiger partial charge >= 0.3 is 5.97 Å². The second-order valence-corrected chi connectivity index (χ2v) is 8.51. The lowest BCUT2D eigenvalue weighted by atomic mass is 9.70. The molecule has 0 spiro atoms. The van der Waals surface area contributed by atoms with E-state index in [1.54, 1.807) is 0 Å². The Morgan fingerprint density at radius 1 is 1.30 bits per heavy atom. The monoisotopic (exact) mass is 374 g/mol. The second kappa shape index (κ2) is 6.93. The van der Waals surface area contributed by atoms with Crippen LogP contribution in [0.15, 0.2) is 35.1 Å². The molecule has 0 aromatic carbocycles. The molecular formula is C22H30O5. The first-order chi connectivity index (χ1) is 12.6. The first-order valence-electron chi connectivity index (χ1n) is 9.75. The van der Waals surface area contributed by atoms with E-state index in [9.17, 15) is 14.7 Å². The number of ether oxygens (including phenoxy) is 2. The standard InChI is InChI=1S/C22H30O5/c1-13(2)22(25)11-8-16-18(24)9-10-21(5)19(26-15(4)23)7-6-14(3)12-17(22)20(16)27-21/h12,17,19,25H,1,6-11H2,2-5H3/b14-12-/t17-,19-,21+,22-/m0/s1. The Hall–Kier alpha value is -1.88. The Morgan fingerprint density at radius 3 is 2.63 bits per heavy atom. The van der Waals surface area contributed by atoms with Gasteiger partial charge in [0.25, 0.3) is 0 Å². The molecule has 0 aromatic rings. The Morgan fingerprint density at radius 2 is 2.00 bits per heavy atom. The smallest absolute Gasteiger partial charge is 0.303 e. The topological polar surface area (TPSA) is 72.8 Å². The molecular weight excluding hydrogens is 344 g/mol. The highest BCUT2D eigenvalue weighted by Gasteiger charge is 2.51. The number of carbonyl (C=O) groups excluding carboxylic acids is 2. The van der Waals surface area contributed by atoms with Gasteiger partial charge in [-0.05, 0) is 58.4 Å². The van der Waals surface area contributed by atoms with Crippen molar-refractivity contribution < 1.29 is 24.2 Å². The molecule has 2 aliphatic heterocycles. The van der Waals surface area contributed by atoms with Crippen LogP contribution in [0.4, 0.5) is 0 Å². The van der Waals surface area contributed by atoms with Crippen molar-refractivity contribution in [1.29, 1.82) is 0 Å². The lowest BCUT2D eigenvalue weighted by Gasteiger charge is -2.43. The fourth-order valence-electron chi connectivity index (χ4n) is 4.55. The maximum atomic E-state index is 12.8. The summed E-state index contributed by atoms with van der Waals surface area (Å²) >= 11 is 0. The second-order valence-electron chi connectivity index (χ2n) is 8.51. The summed E-state index contributed by atoms with van der Waals surface area (Å²) in [6.07, 6.45) is 4.67. The number of carbonyl (C=O) groups is 2. The number of rotatable bonds is 2. The molecule has 0 saturated carbocycles. The Kier molecular flexibility index (Phi) is 5.10. The normalized spacial score (nSPS) is 38.4. The van der Waals surface area contributed by atoms with Crippen LogP contribution in [-0.4, -0.2) is 34.2 Å². The van der Waals surface area contributed by atoms with Crippen LogP contribution < -0.4 is 0 Å². The van der Waals surface area contributed by atoms with Gasteiger partial charge in [0.15, 0.2) is 5.78 Å². The molecule has 27 heavy (non-hydrogen) atoms. The van der Waals surface area contributed by atoms with E-state index < -0.39 is 23.2 Å². The lowest BCUT2D eigenvalue weighted by Crippen LogP contribution is -2.47. The Labute approximate surface area is 161 Å². The summed E-state index contributed by atoms with van der Waals surface area (Å²) in [6.45, 7) is 11.1. The van der Waals surface area contributed by atoms with Crippen LogP contribution in [0.3, 0.4) is 0 Å². The minimum Gasteiger partial charge on any atom is -0.487 e. The van der Waals surface area contributed by atoms with Crippen LogP contribution in [0.5, 0.6) is 0 Å². The molecule has 0 aromatic heterocycles. The van der Waals surface area contributed by atoms with Gasteiger partial charge in [0, 0.05) is 18.9 Å². The van der Waals surface area contributed by atoms with Crippen molar-refractivity contribution in [2.24, 2.45) is 5.92 Å². The van der Waals surface area contributed by atoms with Crippen LogP contribution in [0, 0.1) is 5.92 Å². The number of esters is 1. The summed E-state index contributed by atoms with van der Waals surface area (Å²) in [6, 6.07) is 0. The number of hydrogen-bond acceptors (Lipinski definition) is 5. The van der Waals surface area contributed by atoms with Gasteiger partial charge in [-0.3, -0.25) is 9.59 Å². The number of Topliss-reactive ketones (excluding diaryl/α,β-unsaturated/α-hetero) is 1. The van der Waals surface area contributed by atoms with Crippen LogP contribution in [-0.2, 0) is 19.1 Å². The van der Waals surface area contributed by atoms with Crippen molar-refractivity contribution in [1.82, 2.24) is 0 Å². The van der Waals surface area contributed by atoms with E-state index >= 15 is 0 Å². The maximum absolute atomic E-state index is 12.8. The zero-order chi connectivity index (χ0) is 20.0. The number of hydrogen-bond donors (Lipinski definition) is 1. The third-order valence-electron chi connectivity index (χ3n) is 6.36. The molecule has 1 N–H and O–H groups in total. The molecule has 1 aliphatic carbocycles. The van der Waals surface area contributed by atoms with Crippen molar-refractivity contribution in [3.8, 4) is 0 Å². The molecule has 3 aliphatic rings. The molecule has 2 heterocycles. The zero-order valence-corrected chi connectivity index (χ0v) is 16.8. The minimum atomic E-state index is -1.15. The molecule has 3 rings (SSSR count). The zero-order valence-electron chi connectivity index (χ0n) is 16.8. The van der Waals surface area contributed by atoms with Gasteiger partial charge in [-0.1, -0.05) is 18.2 Å². The summed E-state index contributed by atoms with van der Waals surface area (Å²) in [5, 5.41) is 11.4. The predicted octanol–water partition coefficient (Wildman–Crippen LogP) is 3.77. The highest BCUT2D eigenvalue weighted by Crippen LogP contribution is 2.49. The minimum absolute atomic E-state index is 0.0655. The molecule has 4 atom stereocenters. The van der Waals surface area contributed by atoms with E-state index in [-0.39, 0.29) is 11.8 Å². The van der Waals surface area contributed by atoms with Gasteiger partial charge in [0.1, 0.15) is 17.5 Å². The van der Waals surface area contributed by atoms with Crippen LogP contribution in [0.2, 0.25) is 0 Å². The summed E-state index contributed by atoms with van der Waals surface area (Å²) in [7, 11) is 0. The van der Waals surface area contributed by atoms with Crippen molar-refractivity contribution in [2.45, 2.75) is 83.5 Å². The van der Waals surface area contributed by atoms with E-state index in [1.807, 2.05) is 26.8 Å². The van der Waals surface area contributed by atoms with E-state index in [0.717, 1.165) is 12.0 Å². The first-order valence-corrected chi connectivity index (χ1v) is 9.75. The number of aliphatic hydroxyl groups is 1. The number of ketones is 1. The lowest BCUT2D eigenvalue weighted by molar-refractivity contribution is -0.167. The molecule has 5 nitrogen and oxygen atoms in total. The molecule has 0 amide bonds. The van der Waals surface area contributed by atoms with Gasteiger partial charge in [-0.15, -0.1) is 0 Å². The van der Waals surface area contributed by atoms with Crippen LogP contribution in [0.25, 0.3) is 0 Å². The summed E-state index contributed by atoms with van der Waals surface area (Å²) in [4.78, 5) is 24.5. The third kappa shape index (κ3) is 3.49. The van der Waals surface area contributed by atoms with Gasteiger partial charge in [-0.2, -0.15) is 0 Å². The molecule has 148 valence electrons. The van der Waals surface area contributed by atoms with Gasteiger partial charge < -0.3 is 14.6 Å². The Bertz CT molecular complexity index is 746. The van der Waals surface area contributed by atoms with Crippen molar-refractivity contribution in [2.75, 3.05) is 0 Å². The van der Waals surface area contributed by atoms with E-state index in [4.69, 9.17) is 9.47 Å². The van der Waals surface area contributed by atoms with Gasteiger partial charge in [0.05, 0.1) is 11.5 Å². The fraction of sp³-hybridized carbons (Fsp3) is 0.636. The molecule has 0 saturated heterocycles. The molecule has 0 radical (unpaired) electrons. The summed E-state index contributed by atoms with van der Waals surface area (Å²) < 4.78 is 12.1. The van der Waals surface area contributed by atoms with Gasteiger partial charge in [-0.25, -0.2) is 0 Å². The van der Waals surface area contributed by atoms with Crippen molar-refractivity contribution in [3.63, 3.8) is 0 Å². The van der Waals surface area contributed by atoms with Crippen LogP contribution in [0.1, 0.15) is 66.2 Å². The largest absolute Gasteiger partial charge is 0.487 e. The fourth-order valence-corrected chi connectivity index (χ4v) is 4.55. The molecule has 5 heteroatoms. The SMILES string of the molecule is C=C(C)[C@@]1(O)CCC2=C3O[C@](C)(CCC2=O)[C@@H](OC(C)=O)CC/C(C)=C\[C@@H]31. The van der Waals surface area contributed by atoms with Crippen molar-refractivity contribution >= 4 is 11.8 Å². The first kappa shape index (κ1) is 19.9. The summed E-state index contributed by atoms with van der Waals surface area (Å²) in [5.41, 5.74) is 0.467. The van der Waals surface area contributed by atoms with Gasteiger partial charge in [0.2, 0.25) is 0 Å².